The summed E-state index contributed by atoms with van der Waals surface area (Å²) >= 11 is 7.61. The maximum Gasteiger partial charge on any atom is 0.351 e. The van der Waals surface area contributed by atoms with E-state index < -0.39 is 12.1 Å². The van der Waals surface area contributed by atoms with Crippen LogP contribution >= 0.6 is 22.9 Å². The predicted octanol–water partition coefficient (Wildman–Crippen LogP) is 4.19. The third-order valence-electron chi connectivity index (χ3n) is 4.78. The fourth-order valence-electron chi connectivity index (χ4n) is 3.31. The van der Waals surface area contributed by atoms with Crippen LogP contribution in [0.5, 0.6) is 11.5 Å². The molecule has 2 aromatic carbocycles. The van der Waals surface area contributed by atoms with Crippen LogP contribution in [-0.2, 0) is 16.1 Å². The van der Waals surface area contributed by atoms with Crippen LogP contribution in [0, 0.1) is 0 Å². The number of hydrogen-bond donors (Lipinski definition) is 1. The Balaban J connectivity index is 1.33. The van der Waals surface area contributed by atoms with Crippen molar-refractivity contribution in [1.29, 1.82) is 0 Å². The Morgan fingerprint density at radius 1 is 1.16 bits per heavy atom. The molecule has 7 nitrogen and oxygen atoms in total. The molecule has 2 aromatic heterocycles. The first kappa shape index (κ1) is 19.6. The number of benzene rings is 2. The number of carbonyl (C=O) groups excluding carboxylic acids is 1. The summed E-state index contributed by atoms with van der Waals surface area (Å²) in [5.74, 6) is 0.708. The topological polar surface area (TPSA) is 90.5 Å². The van der Waals surface area contributed by atoms with Crippen molar-refractivity contribution in [1.82, 2.24) is 9.97 Å². The number of H-pyrrole nitrogens is 1. The number of para-hydroxylation sites is 2. The van der Waals surface area contributed by atoms with Crippen molar-refractivity contribution in [3.63, 3.8) is 0 Å². The minimum absolute atomic E-state index is 0.0466. The van der Waals surface area contributed by atoms with E-state index in [-0.39, 0.29) is 24.6 Å². The lowest BCUT2D eigenvalue weighted by atomic mass is 10.1. The van der Waals surface area contributed by atoms with Gasteiger partial charge < -0.3 is 19.2 Å². The third-order valence-corrected chi connectivity index (χ3v) is 5.98. The highest BCUT2D eigenvalue weighted by molar-refractivity contribution is 7.17. The van der Waals surface area contributed by atoms with E-state index in [1.807, 2.05) is 29.6 Å². The Labute approximate surface area is 185 Å². The van der Waals surface area contributed by atoms with E-state index in [2.05, 4.69) is 9.97 Å². The Hall–Kier alpha value is -3.36. The van der Waals surface area contributed by atoms with Gasteiger partial charge >= 0.3 is 5.97 Å². The zero-order chi connectivity index (χ0) is 21.4. The van der Waals surface area contributed by atoms with Crippen molar-refractivity contribution in [2.24, 2.45) is 0 Å². The van der Waals surface area contributed by atoms with Crippen molar-refractivity contribution in [2.75, 3.05) is 6.61 Å². The molecule has 1 N–H and O–H groups in total. The van der Waals surface area contributed by atoms with Crippen molar-refractivity contribution in [3.8, 4) is 22.6 Å². The Kier molecular flexibility index (Phi) is 5.09. The number of ether oxygens (including phenoxy) is 3. The summed E-state index contributed by atoms with van der Waals surface area (Å²) in [5.41, 5.74) is 1.16. The van der Waals surface area contributed by atoms with Gasteiger partial charge in [-0.2, -0.15) is 0 Å². The first-order valence-electron chi connectivity index (χ1n) is 9.40. The standard InChI is InChI=1S/C22H15ClN2O5S/c23-14-6-2-1-5-12(14)13-11-31-21-19(13)20(26)24-18(25-21)10-29-22(27)17-9-28-15-7-3-4-8-16(15)30-17/h1-8,11,17H,9-10H2,(H,24,25,26)/t17-/m0/s1. The molecule has 0 spiro atoms. The molecule has 4 aromatic rings. The minimum Gasteiger partial charge on any atom is -0.485 e. The van der Waals surface area contributed by atoms with Crippen LogP contribution in [0.1, 0.15) is 5.82 Å². The quantitative estimate of drug-likeness (QED) is 0.465. The van der Waals surface area contributed by atoms with E-state index in [1.54, 1.807) is 24.3 Å². The van der Waals surface area contributed by atoms with Crippen LogP contribution in [0.3, 0.4) is 0 Å². The van der Waals surface area contributed by atoms with Crippen LogP contribution in [0.25, 0.3) is 21.3 Å². The number of esters is 1. The summed E-state index contributed by atoms with van der Waals surface area (Å²) in [6.07, 6.45) is -0.890. The molecule has 3 heterocycles. The maximum atomic E-state index is 12.7. The van der Waals surface area contributed by atoms with Gasteiger partial charge in [0.15, 0.2) is 11.5 Å². The van der Waals surface area contributed by atoms with Crippen LogP contribution in [0.4, 0.5) is 0 Å². The van der Waals surface area contributed by atoms with Crippen LogP contribution in [-0.4, -0.2) is 28.6 Å². The summed E-state index contributed by atoms with van der Waals surface area (Å²) in [6.45, 7) is -0.143. The van der Waals surface area contributed by atoms with E-state index in [0.717, 1.165) is 5.56 Å². The first-order valence-corrected chi connectivity index (χ1v) is 10.7. The average Bonchev–Trinajstić information content (AvgIpc) is 3.22. The Bertz CT molecular complexity index is 1350. The van der Waals surface area contributed by atoms with Crippen LogP contribution in [0.15, 0.2) is 58.7 Å². The highest BCUT2D eigenvalue weighted by atomic mass is 35.5. The molecule has 0 unspecified atom stereocenters. The largest absolute Gasteiger partial charge is 0.485 e. The van der Waals surface area contributed by atoms with E-state index in [9.17, 15) is 9.59 Å². The molecule has 0 radical (unpaired) electrons. The van der Waals surface area contributed by atoms with Crippen molar-refractivity contribution in [2.45, 2.75) is 12.7 Å². The molecule has 0 bridgehead atoms. The molecule has 1 aliphatic rings. The predicted molar refractivity (Wildman–Crippen MR) is 117 cm³/mol. The average molecular weight is 455 g/mol. The molecule has 156 valence electrons. The van der Waals surface area contributed by atoms with Crippen molar-refractivity contribution in [3.05, 3.63) is 75.1 Å². The highest BCUT2D eigenvalue weighted by Crippen LogP contribution is 2.35. The monoisotopic (exact) mass is 454 g/mol. The van der Waals surface area contributed by atoms with Crippen LogP contribution in [0.2, 0.25) is 5.02 Å². The number of rotatable bonds is 4. The number of fused-ring (bicyclic) bond motifs is 2. The SMILES string of the molecule is O=C(OCc1nc2scc(-c3ccccc3Cl)c2c(=O)[nH]1)[C@@H]1COc2ccccc2O1. The van der Waals surface area contributed by atoms with Gasteiger partial charge in [-0.15, -0.1) is 11.3 Å². The van der Waals surface area contributed by atoms with Gasteiger partial charge in [0, 0.05) is 21.5 Å². The molecule has 0 amide bonds. The van der Waals surface area contributed by atoms with Gasteiger partial charge in [0.05, 0.1) is 5.39 Å². The van der Waals surface area contributed by atoms with Gasteiger partial charge in [-0.3, -0.25) is 4.79 Å². The lowest BCUT2D eigenvalue weighted by Gasteiger charge is -2.24. The normalized spacial score (nSPS) is 15.1. The maximum absolute atomic E-state index is 12.7. The second-order valence-electron chi connectivity index (χ2n) is 6.79. The fraction of sp³-hybridized carbons (Fsp3) is 0.136. The van der Waals surface area contributed by atoms with Gasteiger partial charge in [-0.05, 0) is 18.2 Å². The molecule has 31 heavy (non-hydrogen) atoms. The molecule has 1 aliphatic heterocycles. The lowest BCUT2D eigenvalue weighted by molar-refractivity contribution is -0.156. The number of nitrogens with zero attached hydrogens (tertiary/aromatic N) is 1. The summed E-state index contributed by atoms with van der Waals surface area (Å²) in [7, 11) is 0. The number of aromatic amines is 1. The zero-order valence-electron chi connectivity index (χ0n) is 16.0. The van der Waals surface area contributed by atoms with E-state index in [0.29, 0.717) is 32.3 Å². The molecular weight excluding hydrogens is 440 g/mol. The van der Waals surface area contributed by atoms with Crippen LogP contribution < -0.4 is 15.0 Å². The second-order valence-corrected chi connectivity index (χ2v) is 8.06. The van der Waals surface area contributed by atoms with E-state index in [1.165, 1.54) is 11.3 Å². The van der Waals surface area contributed by atoms with Crippen molar-refractivity contribution >= 4 is 39.1 Å². The first-order chi connectivity index (χ1) is 15.1. The van der Waals surface area contributed by atoms with Gasteiger partial charge in [0.2, 0.25) is 6.10 Å². The lowest BCUT2D eigenvalue weighted by Crippen LogP contribution is -2.37. The molecule has 0 saturated carbocycles. The van der Waals surface area contributed by atoms with Gasteiger partial charge in [0.25, 0.3) is 5.56 Å². The molecule has 9 heteroatoms. The number of halogens is 1. The number of hydrogen-bond acceptors (Lipinski definition) is 7. The number of nitrogens with one attached hydrogen (secondary N) is 1. The molecule has 5 rings (SSSR count). The molecule has 0 aliphatic carbocycles. The number of carbonyl (C=O) groups is 1. The Morgan fingerprint density at radius 3 is 2.77 bits per heavy atom. The molecule has 0 saturated heterocycles. The van der Waals surface area contributed by atoms with E-state index in [4.69, 9.17) is 25.8 Å². The second kappa shape index (κ2) is 8.05. The zero-order valence-corrected chi connectivity index (χ0v) is 17.5. The summed E-state index contributed by atoms with van der Waals surface area (Å²) in [4.78, 5) is 32.8. The van der Waals surface area contributed by atoms with E-state index >= 15 is 0 Å². The van der Waals surface area contributed by atoms with Gasteiger partial charge in [-0.25, -0.2) is 9.78 Å². The fourth-order valence-corrected chi connectivity index (χ4v) is 4.50. The highest BCUT2D eigenvalue weighted by Gasteiger charge is 2.29. The smallest absolute Gasteiger partial charge is 0.351 e. The number of thiophene rings is 1. The molecular formula is C22H15ClN2O5S. The third kappa shape index (κ3) is 3.75. The minimum atomic E-state index is -0.890. The number of aromatic nitrogens is 2. The molecule has 1 atom stereocenters. The van der Waals surface area contributed by atoms with Crippen molar-refractivity contribution < 1.29 is 19.0 Å². The summed E-state index contributed by atoms with van der Waals surface area (Å²) in [5, 5.41) is 2.85. The molecule has 0 fully saturated rings. The van der Waals surface area contributed by atoms with Gasteiger partial charge in [-0.1, -0.05) is 41.9 Å². The summed E-state index contributed by atoms with van der Waals surface area (Å²) < 4.78 is 16.5. The van der Waals surface area contributed by atoms with Gasteiger partial charge in [0.1, 0.15) is 23.9 Å². The Morgan fingerprint density at radius 2 is 1.94 bits per heavy atom. The summed E-state index contributed by atoms with van der Waals surface area (Å²) in [6, 6.07) is 14.4.